The van der Waals surface area contributed by atoms with Crippen LogP contribution in [0, 0.1) is 0 Å². The smallest absolute Gasteiger partial charge is 0.141 e. The summed E-state index contributed by atoms with van der Waals surface area (Å²) in [4.78, 5) is 8.67. The number of aliphatic hydroxyl groups excluding tert-OH is 1. The average molecular weight is 307 g/mol. The lowest BCUT2D eigenvalue weighted by Gasteiger charge is -2.20. The number of nitrogens with one attached hydrogen (secondary N) is 1. The minimum atomic E-state index is -0.480. The van der Waals surface area contributed by atoms with Gasteiger partial charge in [0, 0.05) is 6.42 Å². The molecule has 5 heteroatoms. The van der Waals surface area contributed by atoms with Gasteiger partial charge in [0.1, 0.15) is 17.9 Å². The standard InChI is InChI=1S/C18H17N3O2/c1-23-15-8-4-7-13-16(15)18(20-10-19-13)21-17-12-6-3-2-5-11(12)9-14(17)22/h2-8,10,14,17,22H,9H2,1H3,(H,19,20,21)/t14-,17+/m1/s1. The third-order valence-electron chi connectivity index (χ3n) is 4.34. The van der Waals surface area contributed by atoms with Crippen LogP contribution < -0.4 is 10.1 Å². The molecule has 4 rings (SSSR count). The summed E-state index contributed by atoms with van der Waals surface area (Å²) in [6, 6.07) is 13.6. The molecule has 0 spiro atoms. The quantitative estimate of drug-likeness (QED) is 0.779. The van der Waals surface area contributed by atoms with Crippen LogP contribution in [0.15, 0.2) is 48.8 Å². The minimum Gasteiger partial charge on any atom is -0.496 e. The van der Waals surface area contributed by atoms with E-state index >= 15 is 0 Å². The van der Waals surface area contributed by atoms with Crippen molar-refractivity contribution < 1.29 is 9.84 Å². The molecule has 0 bridgehead atoms. The number of rotatable bonds is 3. The second-order valence-corrected chi connectivity index (χ2v) is 5.67. The van der Waals surface area contributed by atoms with Gasteiger partial charge in [-0.05, 0) is 23.3 Å². The molecule has 1 aliphatic carbocycles. The van der Waals surface area contributed by atoms with Crippen molar-refractivity contribution in [2.75, 3.05) is 12.4 Å². The molecule has 2 atom stereocenters. The summed E-state index contributed by atoms with van der Waals surface area (Å²) in [5.41, 5.74) is 3.09. The third kappa shape index (κ3) is 2.29. The summed E-state index contributed by atoms with van der Waals surface area (Å²) in [6.07, 6.45) is 1.69. The molecule has 1 heterocycles. The van der Waals surface area contributed by atoms with Gasteiger partial charge in [-0.2, -0.15) is 0 Å². The van der Waals surface area contributed by atoms with Crippen molar-refractivity contribution >= 4 is 16.7 Å². The predicted octanol–water partition coefficient (Wildman–Crippen LogP) is 2.71. The van der Waals surface area contributed by atoms with E-state index in [9.17, 15) is 5.11 Å². The Balaban J connectivity index is 1.79. The SMILES string of the molecule is COc1cccc2ncnc(N[C@H]3c4ccccc4C[C@H]3O)c12. The van der Waals surface area contributed by atoms with Crippen molar-refractivity contribution in [1.29, 1.82) is 0 Å². The van der Waals surface area contributed by atoms with Crippen molar-refractivity contribution in [2.45, 2.75) is 18.6 Å². The first kappa shape index (κ1) is 14.0. The van der Waals surface area contributed by atoms with Crippen LogP contribution >= 0.6 is 0 Å². The molecule has 0 radical (unpaired) electrons. The lowest BCUT2D eigenvalue weighted by Crippen LogP contribution is -2.22. The maximum atomic E-state index is 10.4. The molecule has 23 heavy (non-hydrogen) atoms. The van der Waals surface area contributed by atoms with Gasteiger partial charge >= 0.3 is 0 Å². The molecule has 1 aromatic heterocycles. The Morgan fingerprint density at radius 2 is 2.00 bits per heavy atom. The van der Waals surface area contributed by atoms with Crippen LogP contribution in [0.25, 0.3) is 10.9 Å². The van der Waals surface area contributed by atoms with Gasteiger partial charge in [0.05, 0.1) is 30.2 Å². The summed E-state index contributed by atoms with van der Waals surface area (Å²) in [7, 11) is 1.63. The third-order valence-corrected chi connectivity index (χ3v) is 4.34. The summed E-state index contributed by atoms with van der Waals surface area (Å²) in [5, 5.41) is 14.6. The van der Waals surface area contributed by atoms with Gasteiger partial charge < -0.3 is 15.2 Å². The zero-order valence-electron chi connectivity index (χ0n) is 12.7. The number of aromatic nitrogens is 2. The van der Waals surface area contributed by atoms with E-state index in [2.05, 4.69) is 21.4 Å². The fourth-order valence-electron chi connectivity index (χ4n) is 3.25. The van der Waals surface area contributed by atoms with E-state index in [-0.39, 0.29) is 6.04 Å². The Morgan fingerprint density at radius 1 is 1.13 bits per heavy atom. The second kappa shape index (κ2) is 5.52. The highest BCUT2D eigenvalue weighted by Gasteiger charge is 2.31. The van der Waals surface area contributed by atoms with Crippen LogP contribution in [-0.2, 0) is 6.42 Å². The highest BCUT2D eigenvalue weighted by atomic mass is 16.5. The topological polar surface area (TPSA) is 67.3 Å². The first-order valence-electron chi connectivity index (χ1n) is 7.58. The number of methoxy groups -OCH3 is 1. The van der Waals surface area contributed by atoms with Gasteiger partial charge in [-0.15, -0.1) is 0 Å². The zero-order valence-corrected chi connectivity index (χ0v) is 12.7. The van der Waals surface area contributed by atoms with E-state index in [1.165, 1.54) is 11.9 Å². The minimum absolute atomic E-state index is 0.186. The highest BCUT2D eigenvalue weighted by molar-refractivity contribution is 5.94. The molecule has 2 aromatic carbocycles. The fraction of sp³-hybridized carbons (Fsp3) is 0.222. The highest BCUT2D eigenvalue weighted by Crippen LogP contribution is 2.36. The summed E-state index contributed by atoms with van der Waals surface area (Å²) < 4.78 is 5.45. The number of aliphatic hydroxyl groups is 1. The number of ether oxygens (including phenoxy) is 1. The number of hydrogen-bond acceptors (Lipinski definition) is 5. The van der Waals surface area contributed by atoms with Gasteiger partial charge in [-0.3, -0.25) is 0 Å². The molecule has 0 fully saturated rings. The molecule has 5 nitrogen and oxygen atoms in total. The number of benzene rings is 2. The van der Waals surface area contributed by atoms with Crippen molar-refractivity contribution in [3.8, 4) is 5.75 Å². The molecule has 2 N–H and O–H groups in total. The Morgan fingerprint density at radius 3 is 2.87 bits per heavy atom. The van der Waals surface area contributed by atoms with Crippen LogP contribution in [0.2, 0.25) is 0 Å². The van der Waals surface area contributed by atoms with Gasteiger partial charge in [0.25, 0.3) is 0 Å². The average Bonchev–Trinajstić information content (AvgIpc) is 2.90. The van der Waals surface area contributed by atoms with E-state index in [0.717, 1.165) is 16.5 Å². The van der Waals surface area contributed by atoms with Gasteiger partial charge in [-0.25, -0.2) is 9.97 Å². The maximum absolute atomic E-state index is 10.4. The molecule has 0 saturated carbocycles. The van der Waals surface area contributed by atoms with E-state index < -0.39 is 6.10 Å². The summed E-state index contributed by atoms with van der Waals surface area (Å²) >= 11 is 0. The Hall–Kier alpha value is -2.66. The number of anilines is 1. The van der Waals surface area contributed by atoms with Crippen LogP contribution in [0.4, 0.5) is 5.82 Å². The van der Waals surface area contributed by atoms with Crippen LogP contribution in [0.5, 0.6) is 5.75 Å². The fourth-order valence-corrected chi connectivity index (χ4v) is 3.25. The molecule has 0 saturated heterocycles. The van der Waals surface area contributed by atoms with E-state index in [1.807, 2.05) is 36.4 Å². The summed E-state index contributed by atoms with van der Waals surface area (Å²) in [6.45, 7) is 0. The van der Waals surface area contributed by atoms with Crippen molar-refractivity contribution in [1.82, 2.24) is 9.97 Å². The zero-order chi connectivity index (χ0) is 15.8. The molecule has 0 aliphatic heterocycles. The van der Waals surface area contributed by atoms with E-state index in [0.29, 0.717) is 18.0 Å². The monoisotopic (exact) mass is 307 g/mol. The first-order chi connectivity index (χ1) is 11.3. The number of fused-ring (bicyclic) bond motifs is 2. The normalized spacial score (nSPS) is 19.6. The van der Waals surface area contributed by atoms with Crippen molar-refractivity contribution in [3.63, 3.8) is 0 Å². The lowest BCUT2D eigenvalue weighted by molar-refractivity contribution is 0.165. The molecular weight excluding hydrogens is 290 g/mol. The Bertz CT molecular complexity index is 861. The van der Waals surface area contributed by atoms with E-state index in [1.54, 1.807) is 7.11 Å². The van der Waals surface area contributed by atoms with Crippen LogP contribution in [0.1, 0.15) is 17.2 Å². The molecule has 3 aromatic rings. The molecule has 116 valence electrons. The molecule has 1 aliphatic rings. The lowest BCUT2D eigenvalue weighted by atomic mass is 10.1. The van der Waals surface area contributed by atoms with Crippen molar-refractivity contribution in [2.24, 2.45) is 0 Å². The molecular formula is C18H17N3O2. The van der Waals surface area contributed by atoms with Gasteiger partial charge in [0.2, 0.25) is 0 Å². The molecule has 0 unspecified atom stereocenters. The predicted molar refractivity (Wildman–Crippen MR) is 88.6 cm³/mol. The van der Waals surface area contributed by atoms with E-state index in [4.69, 9.17) is 4.74 Å². The van der Waals surface area contributed by atoms with Crippen LogP contribution in [-0.4, -0.2) is 28.3 Å². The van der Waals surface area contributed by atoms with Gasteiger partial charge in [0.15, 0.2) is 0 Å². The molecule has 0 amide bonds. The number of hydrogen-bond donors (Lipinski definition) is 2. The van der Waals surface area contributed by atoms with Gasteiger partial charge in [-0.1, -0.05) is 30.3 Å². The second-order valence-electron chi connectivity index (χ2n) is 5.67. The maximum Gasteiger partial charge on any atom is 0.141 e. The largest absolute Gasteiger partial charge is 0.496 e. The summed E-state index contributed by atoms with van der Waals surface area (Å²) in [5.74, 6) is 1.39. The number of nitrogens with zero attached hydrogens (tertiary/aromatic N) is 2. The Labute approximate surface area is 134 Å². The Kier molecular flexibility index (Phi) is 3.35. The first-order valence-corrected chi connectivity index (χ1v) is 7.58. The van der Waals surface area contributed by atoms with Crippen molar-refractivity contribution in [3.05, 3.63) is 59.9 Å². The van der Waals surface area contributed by atoms with Crippen LogP contribution in [0.3, 0.4) is 0 Å².